The largest absolute Gasteiger partial charge is 0.373 e. The Bertz CT molecular complexity index is 249. The van der Waals surface area contributed by atoms with Gasteiger partial charge in [0.25, 0.3) is 0 Å². The van der Waals surface area contributed by atoms with Gasteiger partial charge in [0.2, 0.25) is 0 Å². The van der Waals surface area contributed by atoms with Crippen LogP contribution in [0.2, 0.25) is 0 Å². The first-order valence-corrected chi connectivity index (χ1v) is 3.99. The van der Waals surface area contributed by atoms with Gasteiger partial charge in [0, 0.05) is 26.7 Å². The molecule has 0 radical (unpaired) electrons. The van der Waals surface area contributed by atoms with Crippen molar-refractivity contribution >= 4 is 11.6 Å². The summed E-state index contributed by atoms with van der Waals surface area (Å²) in [5.74, 6) is 1.79. The third kappa shape index (κ3) is 1.84. The van der Waals surface area contributed by atoms with E-state index >= 15 is 0 Å². The molecule has 0 aliphatic carbocycles. The molecule has 66 valence electrons. The predicted octanol–water partition coefficient (Wildman–Crippen LogP) is 0.974. The van der Waals surface area contributed by atoms with Crippen LogP contribution in [0.3, 0.4) is 0 Å². The molecule has 0 saturated carbocycles. The van der Waals surface area contributed by atoms with Gasteiger partial charge in [-0.2, -0.15) is 0 Å². The molecule has 4 nitrogen and oxygen atoms in total. The van der Waals surface area contributed by atoms with E-state index in [-0.39, 0.29) is 0 Å². The molecule has 0 aliphatic heterocycles. The number of hydrogen-bond donors (Lipinski definition) is 1. The third-order valence-electron chi connectivity index (χ3n) is 1.77. The SMILES string of the molecule is CCN(C)c1cc(NC)ncn1. The number of hydrogen-bond acceptors (Lipinski definition) is 4. The molecule has 1 N–H and O–H groups in total. The van der Waals surface area contributed by atoms with Gasteiger partial charge < -0.3 is 10.2 Å². The lowest BCUT2D eigenvalue weighted by atomic mass is 10.5. The smallest absolute Gasteiger partial charge is 0.133 e. The van der Waals surface area contributed by atoms with E-state index in [9.17, 15) is 0 Å². The lowest BCUT2D eigenvalue weighted by Gasteiger charge is -2.15. The van der Waals surface area contributed by atoms with Crippen molar-refractivity contribution in [2.45, 2.75) is 6.92 Å². The van der Waals surface area contributed by atoms with Crippen molar-refractivity contribution in [3.63, 3.8) is 0 Å². The molecule has 1 aromatic heterocycles. The molecule has 0 aliphatic rings. The quantitative estimate of drug-likeness (QED) is 0.726. The van der Waals surface area contributed by atoms with E-state index < -0.39 is 0 Å². The summed E-state index contributed by atoms with van der Waals surface area (Å²) in [7, 11) is 3.85. The highest BCUT2D eigenvalue weighted by Crippen LogP contribution is 2.10. The minimum absolute atomic E-state index is 0.848. The van der Waals surface area contributed by atoms with Gasteiger partial charge >= 0.3 is 0 Å². The first-order chi connectivity index (χ1) is 5.77. The van der Waals surface area contributed by atoms with Crippen LogP contribution in [-0.4, -0.2) is 30.6 Å². The normalized spacial score (nSPS) is 9.58. The molecule has 0 atom stereocenters. The van der Waals surface area contributed by atoms with Crippen LogP contribution in [0, 0.1) is 0 Å². The zero-order valence-electron chi connectivity index (χ0n) is 7.70. The van der Waals surface area contributed by atoms with Gasteiger partial charge in [0.1, 0.15) is 18.0 Å². The van der Waals surface area contributed by atoms with Crippen LogP contribution in [0.15, 0.2) is 12.4 Å². The number of rotatable bonds is 3. The van der Waals surface area contributed by atoms with Gasteiger partial charge in [-0.15, -0.1) is 0 Å². The fourth-order valence-electron chi connectivity index (χ4n) is 0.855. The second kappa shape index (κ2) is 3.90. The van der Waals surface area contributed by atoms with Crippen LogP contribution in [0.5, 0.6) is 0 Å². The maximum atomic E-state index is 4.13. The lowest BCUT2D eigenvalue weighted by molar-refractivity contribution is 0.929. The Morgan fingerprint density at radius 1 is 1.50 bits per heavy atom. The maximum Gasteiger partial charge on any atom is 0.133 e. The monoisotopic (exact) mass is 166 g/mol. The first kappa shape index (κ1) is 8.77. The Labute approximate surface area is 72.6 Å². The van der Waals surface area contributed by atoms with Crippen molar-refractivity contribution in [3.8, 4) is 0 Å². The fraction of sp³-hybridized carbons (Fsp3) is 0.500. The van der Waals surface area contributed by atoms with Gasteiger partial charge in [0.05, 0.1) is 0 Å². The minimum Gasteiger partial charge on any atom is -0.373 e. The van der Waals surface area contributed by atoms with Crippen molar-refractivity contribution < 1.29 is 0 Å². The van der Waals surface area contributed by atoms with E-state index in [0.717, 1.165) is 18.2 Å². The van der Waals surface area contributed by atoms with Gasteiger partial charge in [-0.05, 0) is 6.92 Å². The topological polar surface area (TPSA) is 41.0 Å². The Morgan fingerprint density at radius 2 is 2.25 bits per heavy atom. The number of nitrogens with zero attached hydrogens (tertiary/aromatic N) is 3. The molecular formula is C8H14N4. The average molecular weight is 166 g/mol. The number of aromatic nitrogens is 2. The van der Waals surface area contributed by atoms with Crippen LogP contribution < -0.4 is 10.2 Å². The minimum atomic E-state index is 0.848. The molecule has 12 heavy (non-hydrogen) atoms. The summed E-state index contributed by atoms with van der Waals surface area (Å²) in [6.07, 6.45) is 1.56. The Kier molecular flexibility index (Phi) is 2.85. The van der Waals surface area contributed by atoms with E-state index in [1.165, 1.54) is 0 Å². The summed E-state index contributed by atoms with van der Waals surface area (Å²) in [5.41, 5.74) is 0. The Balaban J connectivity index is 2.86. The molecule has 0 spiro atoms. The average Bonchev–Trinajstić information content (AvgIpc) is 2.17. The highest BCUT2D eigenvalue weighted by molar-refractivity contribution is 5.47. The van der Waals surface area contributed by atoms with Crippen molar-refractivity contribution in [1.82, 2.24) is 9.97 Å². The molecule has 1 heterocycles. The van der Waals surface area contributed by atoms with E-state index in [4.69, 9.17) is 0 Å². The van der Waals surface area contributed by atoms with Crippen LogP contribution in [0.4, 0.5) is 11.6 Å². The zero-order chi connectivity index (χ0) is 8.97. The summed E-state index contributed by atoms with van der Waals surface area (Å²) < 4.78 is 0. The van der Waals surface area contributed by atoms with Crippen LogP contribution in [-0.2, 0) is 0 Å². The standard InChI is InChI=1S/C8H14N4/c1-4-12(3)8-5-7(9-2)10-6-11-8/h5-6H,4H2,1-3H3,(H,9,10,11). The number of nitrogens with one attached hydrogen (secondary N) is 1. The molecule has 4 heteroatoms. The highest BCUT2D eigenvalue weighted by Gasteiger charge is 1.99. The molecule has 0 saturated heterocycles. The predicted molar refractivity (Wildman–Crippen MR) is 50.5 cm³/mol. The van der Waals surface area contributed by atoms with Crippen molar-refractivity contribution in [1.29, 1.82) is 0 Å². The second-order valence-electron chi connectivity index (χ2n) is 2.53. The molecule has 0 unspecified atom stereocenters. The second-order valence-corrected chi connectivity index (χ2v) is 2.53. The van der Waals surface area contributed by atoms with Crippen LogP contribution in [0.1, 0.15) is 6.92 Å². The van der Waals surface area contributed by atoms with E-state index in [2.05, 4.69) is 27.1 Å². The maximum absolute atomic E-state index is 4.13. The molecule has 0 bridgehead atoms. The van der Waals surface area contributed by atoms with Crippen molar-refractivity contribution in [2.24, 2.45) is 0 Å². The summed E-state index contributed by atoms with van der Waals surface area (Å²) in [4.78, 5) is 10.2. The molecule has 1 rings (SSSR count). The van der Waals surface area contributed by atoms with E-state index in [0.29, 0.717) is 0 Å². The van der Waals surface area contributed by atoms with E-state index in [1.54, 1.807) is 6.33 Å². The summed E-state index contributed by atoms with van der Waals surface area (Å²) >= 11 is 0. The van der Waals surface area contributed by atoms with Gasteiger partial charge in [-0.25, -0.2) is 9.97 Å². The van der Waals surface area contributed by atoms with Crippen molar-refractivity contribution in [2.75, 3.05) is 30.9 Å². The molecule has 0 aromatic carbocycles. The van der Waals surface area contributed by atoms with Gasteiger partial charge in [0.15, 0.2) is 0 Å². The molecule has 0 fully saturated rings. The zero-order valence-corrected chi connectivity index (χ0v) is 7.70. The third-order valence-corrected chi connectivity index (χ3v) is 1.77. The molecule has 0 amide bonds. The number of anilines is 2. The molecular weight excluding hydrogens is 152 g/mol. The highest BCUT2D eigenvalue weighted by atomic mass is 15.2. The van der Waals surface area contributed by atoms with Crippen LogP contribution >= 0.6 is 0 Å². The first-order valence-electron chi connectivity index (χ1n) is 3.99. The Morgan fingerprint density at radius 3 is 2.83 bits per heavy atom. The van der Waals surface area contributed by atoms with Crippen molar-refractivity contribution in [3.05, 3.63) is 12.4 Å². The summed E-state index contributed by atoms with van der Waals surface area (Å²) in [6.45, 7) is 3.03. The molecule has 1 aromatic rings. The van der Waals surface area contributed by atoms with Crippen LogP contribution in [0.25, 0.3) is 0 Å². The Hall–Kier alpha value is -1.32. The summed E-state index contributed by atoms with van der Waals surface area (Å²) in [5, 5.41) is 2.97. The van der Waals surface area contributed by atoms with E-state index in [1.807, 2.05) is 20.2 Å². The lowest BCUT2D eigenvalue weighted by Crippen LogP contribution is -2.17. The van der Waals surface area contributed by atoms with Gasteiger partial charge in [-0.3, -0.25) is 0 Å². The fourth-order valence-corrected chi connectivity index (χ4v) is 0.855. The summed E-state index contributed by atoms with van der Waals surface area (Å²) in [6, 6.07) is 1.92. The van der Waals surface area contributed by atoms with Gasteiger partial charge in [-0.1, -0.05) is 0 Å².